The lowest BCUT2D eigenvalue weighted by atomic mass is 10.1. The Morgan fingerprint density at radius 3 is 2.58 bits per heavy atom. The number of Topliss-reactive ketones (excluding diaryl/α,β-unsaturated/α-hetero) is 1. The van der Waals surface area contributed by atoms with E-state index in [0.29, 0.717) is 16.9 Å². The summed E-state index contributed by atoms with van der Waals surface area (Å²) < 4.78 is 27.4. The topological polar surface area (TPSA) is 34.9 Å². The van der Waals surface area contributed by atoms with Crippen molar-refractivity contribution in [1.29, 1.82) is 0 Å². The second-order valence-electron chi connectivity index (χ2n) is 4.14. The van der Waals surface area contributed by atoms with Crippen molar-refractivity contribution in [3.63, 3.8) is 0 Å². The molecule has 0 atom stereocenters. The van der Waals surface area contributed by atoms with E-state index >= 15 is 0 Å². The lowest BCUT2D eigenvalue weighted by molar-refractivity contribution is 0.101. The monoisotopic (exact) mass is 328 g/mol. The zero-order valence-electron chi connectivity index (χ0n) is 10.3. The number of benzene rings is 1. The molecule has 0 aliphatic rings. The van der Waals surface area contributed by atoms with Crippen LogP contribution in [0.4, 0.5) is 8.78 Å². The molecule has 0 aliphatic heterocycles. The zero-order chi connectivity index (χ0) is 14.2. The first-order chi connectivity index (χ1) is 8.90. The highest BCUT2D eigenvalue weighted by molar-refractivity contribution is 9.10. The molecule has 2 rings (SSSR count). The first-order valence-electron chi connectivity index (χ1n) is 5.55. The van der Waals surface area contributed by atoms with E-state index in [1.165, 1.54) is 17.7 Å². The summed E-state index contributed by atoms with van der Waals surface area (Å²) in [7, 11) is 0. The van der Waals surface area contributed by atoms with Crippen LogP contribution in [-0.4, -0.2) is 15.6 Å². The number of nitrogens with zero attached hydrogens (tertiary/aromatic N) is 2. The number of aryl methyl sites for hydroxylation is 1. The second kappa shape index (κ2) is 5.21. The Balaban J connectivity index is 2.64. The number of hydrogen-bond acceptors (Lipinski definition) is 2. The molecule has 1 aromatic carbocycles. The molecular weight excluding hydrogens is 318 g/mol. The van der Waals surface area contributed by atoms with Gasteiger partial charge in [0.1, 0.15) is 5.69 Å². The van der Waals surface area contributed by atoms with E-state index in [0.717, 1.165) is 4.47 Å². The summed E-state index contributed by atoms with van der Waals surface area (Å²) in [5.74, 6) is -0.143. The SMILES string of the molecule is CC(=O)c1ccc(Br)cc1-n1nc(C(F)F)cc1C. The molecule has 0 N–H and O–H groups in total. The van der Waals surface area contributed by atoms with Crippen LogP contribution in [0.2, 0.25) is 0 Å². The van der Waals surface area contributed by atoms with Crippen molar-refractivity contribution in [2.45, 2.75) is 20.3 Å². The highest BCUT2D eigenvalue weighted by Crippen LogP contribution is 2.25. The van der Waals surface area contributed by atoms with Crippen LogP contribution in [0.5, 0.6) is 0 Å². The van der Waals surface area contributed by atoms with Crippen LogP contribution in [0.3, 0.4) is 0 Å². The number of ketones is 1. The number of hydrogen-bond donors (Lipinski definition) is 0. The van der Waals surface area contributed by atoms with Gasteiger partial charge in [0, 0.05) is 15.7 Å². The Hall–Kier alpha value is -1.56. The number of alkyl halides is 2. The first kappa shape index (κ1) is 13.9. The predicted octanol–water partition coefficient (Wildman–Crippen LogP) is 4.08. The molecule has 1 aromatic heterocycles. The van der Waals surface area contributed by atoms with Crippen molar-refractivity contribution in [2.24, 2.45) is 0 Å². The normalized spacial score (nSPS) is 11.1. The van der Waals surface area contributed by atoms with Crippen molar-refractivity contribution >= 4 is 21.7 Å². The van der Waals surface area contributed by atoms with Crippen LogP contribution in [0.25, 0.3) is 5.69 Å². The van der Waals surface area contributed by atoms with Crippen molar-refractivity contribution in [3.05, 3.63) is 45.7 Å². The molecule has 19 heavy (non-hydrogen) atoms. The third-order valence-corrected chi connectivity index (χ3v) is 3.19. The van der Waals surface area contributed by atoms with E-state index in [-0.39, 0.29) is 11.5 Å². The van der Waals surface area contributed by atoms with Gasteiger partial charge in [-0.3, -0.25) is 4.79 Å². The summed E-state index contributed by atoms with van der Waals surface area (Å²) in [4.78, 5) is 11.6. The van der Waals surface area contributed by atoms with E-state index < -0.39 is 6.43 Å². The fourth-order valence-electron chi connectivity index (χ4n) is 1.83. The van der Waals surface area contributed by atoms with E-state index in [1.54, 1.807) is 25.1 Å². The zero-order valence-corrected chi connectivity index (χ0v) is 11.9. The van der Waals surface area contributed by atoms with Crippen LogP contribution in [0.15, 0.2) is 28.7 Å². The molecule has 0 spiro atoms. The van der Waals surface area contributed by atoms with Crippen LogP contribution >= 0.6 is 15.9 Å². The highest BCUT2D eigenvalue weighted by Gasteiger charge is 2.17. The Labute approximate surface area is 117 Å². The van der Waals surface area contributed by atoms with Gasteiger partial charge >= 0.3 is 0 Å². The molecular formula is C13H11BrF2N2O. The number of carbonyl (C=O) groups is 1. The maximum Gasteiger partial charge on any atom is 0.282 e. The lowest BCUT2D eigenvalue weighted by Crippen LogP contribution is -2.06. The molecule has 0 aliphatic carbocycles. The average molecular weight is 329 g/mol. The maximum absolute atomic E-state index is 12.7. The maximum atomic E-state index is 12.7. The molecule has 0 unspecified atom stereocenters. The van der Waals surface area contributed by atoms with Gasteiger partial charge < -0.3 is 0 Å². The minimum absolute atomic E-state index is 0.143. The number of rotatable bonds is 3. The van der Waals surface area contributed by atoms with Gasteiger partial charge in [-0.2, -0.15) is 5.10 Å². The summed E-state index contributed by atoms with van der Waals surface area (Å²) in [5.41, 5.74) is 1.18. The number of aromatic nitrogens is 2. The molecule has 0 saturated carbocycles. The summed E-state index contributed by atoms with van der Waals surface area (Å²) in [5, 5.41) is 3.86. The Kier molecular flexibility index (Phi) is 3.80. The van der Waals surface area contributed by atoms with Gasteiger partial charge in [0.2, 0.25) is 0 Å². The Bertz CT molecular complexity index is 638. The summed E-state index contributed by atoms with van der Waals surface area (Å²) >= 11 is 3.30. The van der Waals surface area contributed by atoms with Crippen molar-refractivity contribution in [2.75, 3.05) is 0 Å². The quantitative estimate of drug-likeness (QED) is 0.795. The van der Waals surface area contributed by atoms with Gasteiger partial charge in [-0.25, -0.2) is 13.5 Å². The average Bonchev–Trinajstić information content (AvgIpc) is 2.71. The van der Waals surface area contributed by atoms with E-state index in [9.17, 15) is 13.6 Å². The van der Waals surface area contributed by atoms with Crippen molar-refractivity contribution in [3.8, 4) is 5.69 Å². The molecule has 0 saturated heterocycles. The van der Waals surface area contributed by atoms with Gasteiger partial charge in [0.25, 0.3) is 6.43 Å². The van der Waals surface area contributed by atoms with E-state index in [2.05, 4.69) is 21.0 Å². The largest absolute Gasteiger partial charge is 0.294 e. The molecule has 3 nitrogen and oxygen atoms in total. The van der Waals surface area contributed by atoms with Crippen LogP contribution < -0.4 is 0 Å². The van der Waals surface area contributed by atoms with Crippen molar-refractivity contribution < 1.29 is 13.6 Å². The van der Waals surface area contributed by atoms with Crippen LogP contribution in [-0.2, 0) is 0 Å². The van der Waals surface area contributed by atoms with Gasteiger partial charge in [-0.15, -0.1) is 0 Å². The van der Waals surface area contributed by atoms with Gasteiger partial charge in [0.05, 0.1) is 5.69 Å². The van der Waals surface area contributed by atoms with Gasteiger partial charge in [-0.05, 0) is 38.1 Å². The Morgan fingerprint density at radius 2 is 2.05 bits per heavy atom. The van der Waals surface area contributed by atoms with Gasteiger partial charge in [0.15, 0.2) is 5.78 Å². The summed E-state index contributed by atoms with van der Waals surface area (Å²) in [6.07, 6.45) is -2.63. The summed E-state index contributed by atoms with van der Waals surface area (Å²) in [6, 6.07) is 6.37. The lowest BCUT2D eigenvalue weighted by Gasteiger charge is -2.09. The fraction of sp³-hybridized carbons (Fsp3) is 0.231. The summed E-state index contributed by atoms with van der Waals surface area (Å²) in [6.45, 7) is 3.10. The van der Waals surface area contributed by atoms with Crippen LogP contribution in [0.1, 0.15) is 35.1 Å². The molecule has 0 radical (unpaired) electrons. The number of halogens is 3. The van der Waals surface area contributed by atoms with E-state index in [4.69, 9.17) is 0 Å². The smallest absolute Gasteiger partial charge is 0.282 e. The standard InChI is InChI=1S/C13H11BrF2N2O/c1-7-5-11(13(15)16)17-18(7)12-6-9(14)3-4-10(12)8(2)19/h3-6,13H,1-2H3. The molecule has 0 fully saturated rings. The molecule has 0 amide bonds. The third-order valence-electron chi connectivity index (χ3n) is 2.70. The Morgan fingerprint density at radius 1 is 1.37 bits per heavy atom. The van der Waals surface area contributed by atoms with E-state index in [1.807, 2.05) is 0 Å². The third kappa shape index (κ3) is 2.73. The molecule has 0 bridgehead atoms. The molecule has 6 heteroatoms. The van der Waals surface area contributed by atoms with Crippen LogP contribution in [0, 0.1) is 6.92 Å². The minimum Gasteiger partial charge on any atom is -0.294 e. The first-order valence-corrected chi connectivity index (χ1v) is 6.35. The minimum atomic E-state index is -2.63. The van der Waals surface area contributed by atoms with Crippen molar-refractivity contribution in [1.82, 2.24) is 9.78 Å². The predicted molar refractivity (Wildman–Crippen MR) is 71.0 cm³/mol. The fourth-order valence-corrected chi connectivity index (χ4v) is 2.18. The second-order valence-corrected chi connectivity index (χ2v) is 5.06. The highest BCUT2D eigenvalue weighted by atomic mass is 79.9. The number of carbonyl (C=O) groups excluding carboxylic acids is 1. The van der Waals surface area contributed by atoms with Gasteiger partial charge in [-0.1, -0.05) is 15.9 Å². The molecule has 1 heterocycles. The molecule has 2 aromatic rings. The molecule has 100 valence electrons.